The third-order valence-electron chi connectivity index (χ3n) is 15.5. The van der Waals surface area contributed by atoms with Gasteiger partial charge in [0.15, 0.2) is 11.2 Å². The van der Waals surface area contributed by atoms with E-state index in [1.54, 1.807) is 0 Å². The van der Waals surface area contributed by atoms with E-state index >= 15 is 0 Å². The van der Waals surface area contributed by atoms with Gasteiger partial charge in [0.1, 0.15) is 11.2 Å². The maximum atomic E-state index is 7.14. The predicted molar refractivity (Wildman–Crippen MR) is 300 cm³/mol. The first-order valence-corrected chi connectivity index (χ1v) is 24.8. The number of fused-ring (bicyclic) bond motifs is 6. The molecule has 4 nitrogen and oxygen atoms in total. The van der Waals surface area contributed by atoms with Crippen LogP contribution in [0.3, 0.4) is 0 Å². The summed E-state index contributed by atoms with van der Waals surface area (Å²) in [5, 5.41) is 11.7. The molecule has 0 fully saturated rings. The Balaban J connectivity index is 1.15. The summed E-state index contributed by atoms with van der Waals surface area (Å²) in [7, 11) is 0. The molecule has 2 aromatic heterocycles. The summed E-state index contributed by atoms with van der Waals surface area (Å²) in [4.78, 5) is 4.90. The fourth-order valence-electron chi connectivity index (χ4n) is 11.4. The molecule has 12 rings (SSSR count). The molecule has 0 atom stereocenters. The molecule has 0 radical (unpaired) electrons. The topological polar surface area (TPSA) is 32.8 Å². The first-order chi connectivity index (χ1) is 33.5. The van der Waals surface area contributed by atoms with Gasteiger partial charge in [0.05, 0.1) is 22.7 Å². The number of nitrogens with zero attached hydrogens (tertiary/aromatic N) is 2. The third kappa shape index (κ3) is 6.56. The Bertz CT molecular complexity index is 3800. The Morgan fingerprint density at radius 2 is 0.657 bits per heavy atom. The van der Waals surface area contributed by atoms with Crippen molar-refractivity contribution in [1.29, 1.82) is 0 Å². The molecule has 0 aliphatic rings. The van der Waals surface area contributed by atoms with Crippen LogP contribution < -0.4 is 9.80 Å². The van der Waals surface area contributed by atoms with E-state index in [9.17, 15) is 0 Å². The Hall–Kier alpha value is -7.56. The Labute approximate surface area is 411 Å². The number of hydrogen-bond donors (Lipinski definition) is 0. The molecule has 12 aromatic rings. The Morgan fingerprint density at radius 1 is 0.329 bits per heavy atom. The Kier molecular flexibility index (Phi) is 9.66. The van der Waals surface area contributed by atoms with Crippen molar-refractivity contribution < 1.29 is 8.83 Å². The van der Waals surface area contributed by atoms with Gasteiger partial charge in [0, 0.05) is 54.8 Å². The molecule has 0 saturated heterocycles. The Morgan fingerprint density at radius 3 is 1.01 bits per heavy atom. The average molecular weight is 913 g/mol. The molecule has 4 heteroatoms. The second-order valence-corrected chi connectivity index (χ2v) is 22.0. The summed E-state index contributed by atoms with van der Waals surface area (Å²) >= 11 is 0. The number of furan rings is 2. The quantitative estimate of drug-likeness (QED) is 0.156. The number of para-hydroxylation sites is 4. The molecule has 0 amide bonds. The maximum absolute atomic E-state index is 7.14. The fraction of sp³-hybridized carbons (Fsp3) is 0.212. The van der Waals surface area contributed by atoms with Gasteiger partial charge >= 0.3 is 0 Å². The lowest BCUT2D eigenvalue weighted by Crippen LogP contribution is -2.13. The minimum absolute atomic E-state index is 0.0929. The minimum Gasteiger partial charge on any atom is -0.454 e. The fourth-order valence-corrected chi connectivity index (χ4v) is 11.4. The lowest BCUT2D eigenvalue weighted by Gasteiger charge is -2.30. The van der Waals surface area contributed by atoms with E-state index in [2.05, 4.69) is 238 Å². The van der Waals surface area contributed by atoms with Crippen LogP contribution in [-0.4, -0.2) is 0 Å². The van der Waals surface area contributed by atoms with Crippen LogP contribution in [0, 0.1) is 41.5 Å². The molecule has 0 aliphatic carbocycles. The number of hydrogen-bond acceptors (Lipinski definition) is 4. The molecule has 2 heterocycles. The van der Waals surface area contributed by atoms with Gasteiger partial charge in [0.2, 0.25) is 0 Å². The van der Waals surface area contributed by atoms with Crippen molar-refractivity contribution in [2.75, 3.05) is 9.80 Å². The van der Waals surface area contributed by atoms with Crippen LogP contribution in [0.15, 0.2) is 154 Å². The highest BCUT2D eigenvalue weighted by Gasteiger charge is 2.29. The van der Waals surface area contributed by atoms with Gasteiger partial charge < -0.3 is 18.6 Å². The van der Waals surface area contributed by atoms with Crippen molar-refractivity contribution in [3.8, 4) is 0 Å². The van der Waals surface area contributed by atoms with Crippen LogP contribution in [0.2, 0.25) is 0 Å². The molecule has 0 spiro atoms. The summed E-state index contributed by atoms with van der Waals surface area (Å²) in [6.45, 7) is 26.9. The molecule has 0 bridgehead atoms. The van der Waals surface area contributed by atoms with E-state index in [0.717, 1.165) is 78.0 Å². The summed E-state index contributed by atoms with van der Waals surface area (Å²) < 4.78 is 14.3. The van der Waals surface area contributed by atoms with E-state index in [0.29, 0.717) is 0 Å². The highest BCUT2D eigenvalue weighted by atomic mass is 16.3. The SMILES string of the molecule is Cc1cc(N(c2ccc3ccc4c(N(c5cc(C)c(C)c(C)c5)c5cccc6c5oc5c(C(C)(C)C)cccc56)ccc5ccc2c3c54)c2cccc3c2oc2c(C(C)(C)C)cccc23)cc(C)c1C. The summed E-state index contributed by atoms with van der Waals surface area (Å²) in [6, 6.07) is 54.4. The highest BCUT2D eigenvalue weighted by Crippen LogP contribution is 2.51. The second kappa shape index (κ2) is 15.5. The van der Waals surface area contributed by atoms with Crippen molar-refractivity contribution in [2.45, 2.75) is 93.9 Å². The zero-order valence-corrected chi connectivity index (χ0v) is 42.6. The van der Waals surface area contributed by atoms with Crippen LogP contribution in [0.5, 0.6) is 0 Å². The molecule has 0 saturated carbocycles. The monoisotopic (exact) mass is 912 g/mol. The number of rotatable bonds is 6. The van der Waals surface area contributed by atoms with Crippen molar-refractivity contribution in [1.82, 2.24) is 0 Å². The number of aryl methyl sites for hydroxylation is 4. The van der Waals surface area contributed by atoms with Crippen LogP contribution in [0.4, 0.5) is 34.1 Å². The summed E-state index contributed by atoms with van der Waals surface area (Å²) in [5.41, 5.74) is 19.9. The minimum atomic E-state index is -0.0929. The van der Waals surface area contributed by atoms with Crippen LogP contribution in [0.1, 0.15) is 86.1 Å². The third-order valence-corrected chi connectivity index (χ3v) is 15.5. The van der Waals surface area contributed by atoms with Crippen molar-refractivity contribution in [3.63, 3.8) is 0 Å². The molecule has 10 aromatic carbocycles. The lowest BCUT2D eigenvalue weighted by molar-refractivity contribution is 0.572. The van der Waals surface area contributed by atoms with E-state index in [-0.39, 0.29) is 10.8 Å². The van der Waals surface area contributed by atoms with Crippen molar-refractivity contribution in [3.05, 3.63) is 190 Å². The first-order valence-electron chi connectivity index (χ1n) is 24.8. The van der Waals surface area contributed by atoms with Gasteiger partial charge in [0.25, 0.3) is 0 Å². The van der Waals surface area contributed by atoms with Gasteiger partial charge in [-0.2, -0.15) is 0 Å². The maximum Gasteiger partial charge on any atom is 0.159 e. The van der Waals surface area contributed by atoms with Gasteiger partial charge in [-0.15, -0.1) is 0 Å². The molecular weight excluding hydrogens is 853 g/mol. The number of anilines is 6. The number of benzene rings is 10. The molecule has 70 heavy (non-hydrogen) atoms. The standard InChI is InChI=1S/C66H60N2O2/c1-37-33-45(34-38(2)41(37)5)67(57-23-15-19-49-47-17-13-21-53(65(7,8)9)61(47)69-63(49)57)55-31-27-43-26-30-52-56(32-28-44-25-29-51(55)59(43)60(44)52)68(46-35-39(3)42(6)40(4)36-46)58-24-16-20-50-48-18-14-22-54(66(10,11)12)62(48)70-64(50)58/h13-36H,1-12H3. The van der Waals surface area contributed by atoms with E-state index < -0.39 is 0 Å². The molecule has 0 aliphatic heterocycles. The van der Waals surface area contributed by atoms with Gasteiger partial charge in [-0.05, 0) is 156 Å². The first kappa shape index (κ1) is 43.7. The van der Waals surface area contributed by atoms with Gasteiger partial charge in [-0.3, -0.25) is 0 Å². The van der Waals surface area contributed by atoms with Crippen LogP contribution in [-0.2, 0) is 10.8 Å². The largest absolute Gasteiger partial charge is 0.454 e. The highest BCUT2D eigenvalue weighted by molar-refractivity contribution is 6.29. The van der Waals surface area contributed by atoms with Crippen molar-refractivity contribution >= 4 is 110 Å². The van der Waals surface area contributed by atoms with Gasteiger partial charge in [-0.25, -0.2) is 0 Å². The molecular formula is C66H60N2O2. The van der Waals surface area contributed by atoms with Crippen LogP contribution >= 0.6 is 0 Å². The van der Waals surface area contributed by atoms with Crippen LogP contribution in [0.25, 0.3) is 76.2 Å². The predicted octanol–water partition coefficient (Wildman–Crippen LogP) is 19.8. The van der Waals surface area contributed by atoms with E-state index in [1.807, 2.05) is 0 Å². The zero-order chi connectivity index (χ0) is 48.7. The smallest absolute Gasteiger partial charge is 0.159 e. The zero-order valence-electron chi connectivity index (χ0n) is 42.6. The normalized spacial score (nSPS) is 12.6. The molecule has 0 unspecified atom stereocenters. The van der Waals surface area contributed by atoms with E-state index in [1.165, 1.54) is 76.8 Å². The van der Waals surface area contributed by atoms with Crippen molar-refractivity contribution in [2.24, 2.45) is 0 Å². The molecule has 0 N–H and O–H groups in total. The van der Waals surface area contributed by atoms with Gasteiger partial charge in [-0.1, -0.05) is 139 Å². The second-order valence-electron chi connectivity index (χ2n) is 22.0. The summed E-state index contributed by atoms with van der Waals surface area (Å²) in [6.07, 6.45) is 0. The lowest BCUT2D eigenvalue weighted by atomic mass is 9.86. The summed E-state index contributed by atoms with van der Waals surface area (Å²) in [5.74, 6) is 0. The van der Waals surface area contributed by atoms with E-state index in [4.69, 9.17) is 8.83 Å². The molecule has 346 valence electrons. The average Bonchev–Trinajstić information content (AvgIpc) is 3.91.